The van der Waals surface area contributed by atoms with E-state index in [0.29, 0.717) is 5.75 Å². The van der Waals surface area contributed by atoms with Gasteiger partial charge in [0.05, 0.1) is 12.8 Å². The summed E-state index contributed by atoms with van der Waals surface area (Å²) in [5, 5.41) is 10.8. The Kier molecular flexibility index (Phi) is 3.16. The lowest BCUT2D eigenvalue weighted by atomic mass is 9.99. The van der Waals surface area contributed by atoms with Gasteiger partial charge in [0.15, 0.2) is 11.5 Å². The van der Waals surface area contributed by atoms with Crippen molar-refractivity contribution < 1.29 is 9.84 Å². The minimum Gasteiger partial charge on any atom is -0.504 e. The molecule has 0 radical (unpaired) electrons. The molecule has 0 amide bonds. The number of methoxy groups -OCH3 is 1. The summed E-state index contributed by atoms with van der Waals surface area (Å²) in [6.07, 6.45) is 3.13. The highest BCUT2D eigenvalue weighted by Crippen LogP contribution is 2.38. The van der Waals surface area contributed by atoms with Crippen molar-refractivity contribution in [1.82, 2.24) is 4.98 Å². The first-order chi connectivity index (χ1) is 9.19. The molecule has 1 heterocycles. The van der Waals surface area contributed by atoms with Crippen LogP contribution in [0.25, 0.3) is 10.6 Å². The van der Waals surface area contributed by atoms with Gasteiger partial charge in [-0.2, -0.15) is 0 Å². The molecule has 3 rings (SSSR count). The normalized spacial score (nSPS) is 18.1. The topological polar surface area (TPSA) is 68.4 Å². The highest BCUT2D eigenvalue weighted by atomic mass is 32.1. The molecular weight excluding hydrogens is 260 g/mol. The van der Waals surface area contributed by atoms with Gasteiger partial charge in [-0.1, -0.05) is 0 Å². The molecule has 19 heavy (non-hydrogen) atoms. The molecule has 4 nitrogen and oxygen atoms in total. The second kappa shape index (κ2) is 4.83. The zero-order valence-corrected chi connectivity index (χ0v) is 11.5. The number of phenolic OH excluding ortho intramolecular Hbond substituents is 1. The summed E-state index contributed by atoms with van der Waals surface area (Å²) in [6.45, 7) is 0. The van der Waals surface area contributed by atoms with Gasteiger partial charge in [0.25, 0.3) is 0 Å². The van der Waals surface area contributed by atoms with Crippen molar-refractivity contribution in [2.45, 2.75) is 25.3 Å². The summed E-state index contributed by atoms with van der Waals surface area (Å²) < 4.78 is 5.05. The molecule has 5 heteroatoms. The predicted molar refractivity (Wildman–Crippen MR) is 75.6 cm³/mol. The van der Waals surface area contributed by atoms with Gasteiger partial charge in [0.2, 0.25) is 0 Å². The molecule has 1 aliphatic rings. The number of phenols is 1. The van der Waals surface area contributed by atoms with Gasteiger partial charge >= 0.3 is 0 Å². The van der Waals surface area contributed by atoms with Crippen molar-refractivity contribution in [2.24, 2.45) is 5.73 Å². The Bertz CT molecular complexity index is 609. The van der Waals surface area contributed by atoms with Crippen LogP contribution in [0.2, 0.25) is 0 Å². The van der Waals surface area contributed by atoms with E-state index in [1.807, 2.05) is 6.07 Å². The first kappa shape index (κ1) is 12.4. The Morgan fingerprint density at radius 2 is 2.32 bits per heavy atom. The van der Waals surface area contributed by atoms with Crippen LogP contribution in [0.1, 0.15) is 29.5 Å². The summed E-state index contributed by atoms with van der Waals surface area (Å²) >= 11 is 1.63. The Balaban J connectivity index is 2.01. The molecule has 1 aromatic carbocycles. The van der Waals surface area contributed by atoms with E-state index in [9.17, 15) is 5.11 Å². The number of benzene rings is 1. The smallest absolute Gasteiger partial charge is 0.160 e. The summed E-state index contributed by atoms with van der Waals surface area (Å²) in [5.41, 5.74) is 8.14. The number of nitrogens with zero attached hydrogens (tertiary/aromatic N) is 1. The fraction of sp³-hybridized carbons (Fsp3) is 0.357. The Morgan fingerprint density at radius 1 is 1.47 bits per heavy atom. The third-order valence-electron chi connectivity index (χ3n) is 3.42. The predicted octanol–water partition coefficient (Wildman–Crippen LogP) is 2.86. The largest absolute Gasteiger partial charge is 0.504 e. The highest BCUT2D eigenvalue weighted by Gasteiger charge is 2.22. The molecule has 0 saturated heterocycles. The molecule has 3 N–H and O–H groups in total. The number of rotatable bonds is 2. The zero-order valence-electron chi connectivity index (χ0n) is 10.7. The van der Waals surface area contributed by atoms with Crippen molar-refractivity contribution >= 4 is 11.3 Å². The molecule has 0 spiro atoms. The summed E-state index contributed by atoms with van der Waals surface area (Å²) in [7, 11) is 1.54. The number of ether oxygens (including phenoxy) is 1. The van der Waals surface area contributed by atoms with Crippen LogP contribution in [0.15, 0.2) is 18.2 Å². The zero-order chi connectivity index (χ0) is 13.4. The molecule has 1 atom stereocenters. The first-order valence-corrected chi connectivity index (χ1v) is 7.13. The van der Waals surface area contributed by atoms with Crippen molar-refractivity contribution in [3.8, 4) is 22.1 Å². The lowest BCUT2D eigenvalue weighted by Crippen LogP contribution is -2.15. The van der Waals surface area contributed by atoms with Gasteiger partial charge in [-0.15, -0.1) is 11.3 Å². The monoisotopic (exact) mass is 276 g/mol. The molecule has 0 saturated carbocycles. The molecular formula is C14H16N2O2S. The Hall–Kier alpha value is -1.59. The molecule has 1 aliphatic carbocycles. The third-order valence-corrected chi connectivity index (χ3v) is 4.70. The number of aromatic hydroxyl groups is 1. The lowest BCUT2D eigenvalue weighted by Gasteiger charge is -2.15. The molecule has 1 unspecified atom stereocenters. The van der Waals surface area contributed by atoms with Crippen LogP contribution < -0.4 is 10.5 Å². The van der Waals surface area contributed by atoms with Crippen LogP contribution in [-0.2, 0) is 6.42 Å². The van der Waals surface area contributed by atoms with Crippen LogP contribution in [0.5, 0.6) is 11.5 Å². The average Bonchev–Trinajstić information content (AvgIpc) is 2.84. The first-order valence-electron chi connectivity index (χ1n) is 6.31. The minimum absolute atomic E-state index is 0.113. The van der Waals surface area contributed by atoms with Crippen LogP contribution in [0.3, 0.4) is 0 Å². The van der Waals surface area contributed by atoms with Gasteiger partial charge in [-0.05, 0) is 37.5 Å². The third kappa shape index (κ3) is 2.19. The Morgan fingerprint density at radius 3 is 3.00 bits per heavy atom. The van der Waals surface area contributed by atoms with E-state index in [1.54, 1.807) is 23.5 Å². The van der Waals surface area contributed by atoms with Crippen molar-refractivity contribution in [3.05, 3.63) is 28.8 Å². The summed E-state index contributed by atoms with van der Waals surface area (Å²) in [5.74, 6) is 0.610. The number of aryl methyl sites for hydroxylation is 1. The van der Waals surface area contributed by atoms with Gasteiger partial charge in [0.1, 0.15) is 5.01 Å². The average molecular weight is 276 g/mol. The van der Waals surface area contributed by atoms with Crippen molar-refractivity contribution in [1.29, 1.82) is 0 Å². The number of aromatic nitrogens is 1. The van der Waals surface area contributed by atoms with Crippen LogP contribution in [0.4, 0.5) is 0 Å². The number of nitrogens with two attached hydrogens (primary N) is 1. The minimum atomic E-state index is 0.113. The molecule has 0 fully saturated rings. The number of hydrogen-bond donors (Lipinski definition) is 2. The van der Waals surface area contributed by atoms with E-state index in [0.717, 1.165) is 35.5 Å². The van der Waals surface area contributed by atoms with E-state index in [2.05, 4.69) is 4.98 Å². The van der Waals surface area contributed by atoms with E-state index in [1.165, 1.54) is 12.0 Å². The SMILES string of the molecule is COc1ccc(-c2nc3c(s2)C(N)CCC3)cc1O. The van der Waals surface area contributed by atoms with Gasteiger partial charge in [-0.3, -0.25) is 0 Å². The summed E-state index contributed by atoms with van der Waals surface area (Å²) in [4.78, 5) is 5.85. The molecule has 1 aromatic heterocycles. The quantitative estimate of drug-likeness (QED) is 0.885. The molecule has 100 valence electrons. The van der Waals surface area contributed by atoms with Crippen LogP contribution >= 0.6 is 11.3 Å². The number of fused-ring (bicyclic) bond motifs is 1. The van der Waals surface area contributed by atoms with Gasteiger partial charge < -0.3 is 15.6 Å². The number of thiazole rings is 1. The molecule has 0 bridgehead atoms. The second-order valence-corrected chi connectivity index (χ2v) is 5.75. The van der Waals surface area contributed by atoms with Gasteiger partial charge in [-0.25, -0.2) is 4.98 Å². The van der Waals surface area contributed by atoms with E-state index >= 15 is 0 Å². The maximum absolute atomic E-state index is 9.83. The fourth-order valence-corrected chi connectivity index (χ4v) is 3.54. The van der Waals surface area contributed by atoms with E-state index < -0.39 is 0 Å². The highest BCUT2D eigenvalue weighted by molar-refractivity contribution is 7.15. The standard InChI is InChI=1S/C14H16N2O2S/c1-18-12-6-5-8(7-11(12)17)14-16-10-4-2-3-9(15)13(10)19-14/h5-7,9,17H,2-4,15H2,1H3. The lowest BCUT2D eigenvalue weighted by molar-refractivity contribution is 0.373. The van der Waals surface area contributed by atoms with Gasteiger partial charge in [0, 0.05) is 16.5 Å². The molecule has 0 aliphatic heterocycles. The maximum Gasteiger partial charge on any atom is 0.160 e. The fourth-order valence-electron chi connectivity index (χ4n) is 2.40. The van der Waals surface area contributed by atoms with Crippen molar-refractivity contribution in [3.63, 3.8) is 0 Å². The van der Waals surface area contributed by atoms with E-state index in [-0.39, 0.29) is 11.8 Å². The Labute approximate surface area is 115 Å². The number of hydrogen-bond acceptors (Lipinski definition) is 5. The molecule has 2 aromatic rings. The van der Waals surface area contributed by atoms with Crippen LogP contribution in [-0.4, -0.2) is 17.2 Å². The maximum atomic E-state index is 9.83. The van der Waals surface area contributed by atoms with Crippen molar-refractivity contribution in [2.75, 3.05) is 7.11 Å². The van der Waals surface area contributed by atoms with Crippen LogP contribution in [0, 0.1) is 0 Å². The summed E-state index contributed by atoms with van der Waals surface area (Å²) in [6, 6.07) is 5.47. The second-order valence-electron chi connectivity index (χ2n) is 4.72. The van der Waals surface area contributed by atoms with E-state index in [4.69, 9.17) is 10.5 Å².